The number of carboxylic acids is 1. The third-order valence-corrected chi connectivity index (χ3v) is 5.20. The van der Waals surface area contributed by atoms with Crippen molar-refractivity contribution >= 4 is 21.7 Å². The van der Waals surface area contributed by atoms with Gasteiger partial charge in [0.2, 0.25) is 10.0 Å². The Hall–Kier alpha value is -2.00. The molecule has 1 fully saturated rings. The van der Waals surface area contributed by atoms with E-state index >= 15 is 0 Å². The molecule has 0 aliphatic carbocycles. The number of carboxylic acid groups (broad SMARTS) is 1. The average molecular weight is 314 g/mol. The van der Waals surface area contributed by atoms with Gasteiger partial charge in [-0.1, -0.05) is 18.2 Å². The molecule has 21 heavy (non-hydrogen) atoms. The first-order valence-electron chi connectivity index (χ1n) is 6.27. The van der Waals surface area contributed by atoms with Gasteiger partial charge in [-0.05, 0) is 12.8 Å². The lowest BCUT2D eigenvalue weighted by Crippen LogP contribution is -2.41. The molecule has 1 aliphatic rings. The molecule has 1 aromatic rings. The fourth-order valence-corrected chi connectivity index (χ4v) is 4.20. The van der Waals surface area contributed by atoms with Crippen molar-refractivity contribution in [1.29, 1.82) is 0 Å². The molecule has 0 aromatic heterocycles. The summed E-state index contributed by atoms with van der Waals surface area (Å²) >= 11 is 0. The van der Waals surface area contributed by atoms with E-state index in [1.807, 2.05) is 0 Å². The van der Waals surface area contributed by atoms with Gasteiger partial charge in [0.25, 0.3) is 5.69 Å². The second-order valence-corrected chi connectivity index (χ2v) is 6.67. The average Bonchev–Trinajstić information content (AvgIpc) is 2.88. The van der Waals surface area contributed by atoms with Crippen LogP contribution in [0.5, 0.6) is 0 Å². The summed E-state index contributed by atoms with van der Waals surface area (Å²) in [7, 11) is -3.92. The molecule has 114 valence electrons. The topological polar surface area (TPSA) is 118 Å². The van der Waals surface area contributed by atoms with Gasteiger partial charge >= 0.3 is 5.97 Å². The van der Waals surface area contributed by atoms with Crippen molar-refractivity contribution in [2.24, 2.45) is 0 Å². The Labute approximate surface area is 121 Å². The standard InChI is InChI=1S/C12H14N2O6S/c15-12(16)11-6-3-7-13(11)21(19,20)8-9-4-1-2-5-10(9)14(17)18/h1-2,4-5,11H,3,6-8H2,(H,15,16)/t11-/m1/s1. The van der Waals surface area contributed by atoms with Crippen LogP contribution in [0.4, 0.5) is 5.69 Å². The predicted octanol–water partition coefficient (Wildman–Crippen LogP) is 0.974. The van der Waals surface area contributed by atoms with Crippen LogP contribution in [0.3, 0.4) is 0 Å². The number of carbonyl (C=O) groups is 1. The monoisotopic (exact) mass is 314 g/mol. The minimum Gasteiger partial charge on any atom is -0.480 e. The van der Waals surface area contributed by atoms with E-state index in [1.165, 1.54) is 24.3 Å². The Balaban J connectivity index is 2.30. The number of benzene rings is 1. The normalized spacial score (nSPS) is 19.5. The summed E-state index contributed by atoms with van der Waals surface area (Å²) < 4.78 is 25.6. The van der Waals surface area contributed by atoms with Crippen molar-refractivity contribution in [3.63, 3.8) is 0 Å². The molecule has 0 unspecified atom stereocenters. The van der Waals surface area contributed by atoms with E-state index in [4.69, 9.17) is 5.11 Å². The van der Waals surface area contributed by atoms with Crippen LogP contribution in [0.2, 0.25) is 0 Å². The lowest BCUT2D eigenvalue weighted by Gasteiger charge is -2.20. The summed E-state index contributed by atoms with van der Waals surface area (Å²) in [5, 5.41) is 19.9. The maximum absolute atomic E-state index is 12.3. The minimum atomic E-state index is -3.92. The Bertz CT molecular complexity index is 672. The van der Waals surface area contributed by atoms with E-state index in [0.29, 0.717) is 6.42 Å². The highest BCUT2D eigenvalue weighted by molar-refractivity contribution is 7.88. The summed E-state index contributed by atoms with van der Waals surface area (Å²) in [6, 6.07) is 4.46. The highest BCUT2D eigenvalue weighted by Crippen LogP contribution is 2.26. The SMILES string of the molecule is O=C(O)[C@H]1CCCN1S(=O)(=O)Cc1ccccc1[N+](=O)[O-]. The maximum Gasteiger partial charge on any atom is 0.322 e. The van der Waals surface area contributed by atoms with E-state index in [9.17, 15) is 23.3 Å². The Morgan fingerprint density at radius 1 is 1.43 bits per heavy atom. The number of nitro benzene ring substituents is 1. The van der Waals surface area contributed by atoms with Crippen molar-refractivity contribution in [2.75, 3.05) is 6.54 Å². The number of aliphatic carboxylic acids is 1. The van der Waals surface area contributed by atoms with E-state index < -0.39 is 32.7 Å². The van der Waals surface area contributed by atoms with Crippen molar-refractivity contribution in [1.82, 2.24) is 4.31 Å². The number of sulfonamides is 1. The van der Waals surface area contributed by atoms with Gasteiger partial charge in [0, 0.05) is 18.2 Å². The molecule has 0 amide bonds. The van der Waals surface area contributed by atoms with Gasteiger partial charge < -0.3 is 5.11 Å². The Morgan fingerprint density at radius 3 is 2.71 bits per heavy atom. The number of rotatable bonds is 5. The van der Waals surface area contributed by atoms with Crippen LogP contribution in [-0.4, -0.2) is 41.3 Å². The molecule has 1 N–H and O–H groups in total. The molecule has 8 nitrogen and oxygen atoms in total. The fraction of sp³-hybridized carbons (Fsp3) is 0.417. The van der Waals surface area contributed by atoms with Crippen LogP contribution in [0.15, 0.2) is 24.3 Å². The third-order valence-electron chi connectivity index (χ3n) is 3.37. The molecule has 0 spiro atoms. The van der Waals surface area contributed by atoms with Gasteiger partial charge in [0.1, 0.15) is 6.04 Å². The second kappa shape index (κ2) is 5.78. The number of para-hydroxylation sites is 1. The highest BCUT2D eigenvalue weighted by Gasteiger charge is 2.39. The smallest absolute Gasteiger partial charge is 0.322 e. The van der Waals surface area contributed by atoms with E-state index in [-0.39, 0.29) is 24.2 Å². The molecule has 0 bridgehead atoms. The first-order valence-corrected chi connectivity index (χ1v) is 7.88. The van der Waals surface area contributed by atoms with Gasteiger partial charge in [0.15, 0.2) is 0 Å². The van der Waals surface area contributed by atoms with Gasteiger partial charge in [-0.3, -0.25) is 14.9 Å². The molecule has 1 atom stereocenters. The van der Waals surface area contributed by atoms with Gasteiger partial charge in [-0.2, -0.15) is 4.31 Å². The van der Waals surface area contributed by atoms with Crippen molar-refractivity contribution in [3.05, 3.63) is 39.9 Å². The summed E-state index contributed by atoms with van der Waals surface area (Å²) in [5.74, 6) is -1.77. The molecule has 0 radical (unpaired) electrons. The Kier molecular flexibility index (Phi) is 4.24. The highest BCUT2D eigenvalue weighted by atomic mass is 32.2. The first-order chi connectivity index (χ1) is 9.83. The van der Waals surface area contributed by atoms with E-state index in [0.717, 1.165) is 4.31 Å². The molecule has 1 aliphatic heterocycles. The summed E-state index contributed by atoms with van der Waals surface area (Å²) in [6.07, 6.45) is 0.721. The van der Waals surface area contributed by atoms with Crippen LogP contribution in [-0.2, 0) is 20.6 Å². The lowest BCUT2D eigenvalue weighted by molar-refractivity contribution is -0.385. The third kappa shape index (κ3) is 3.19. The molecule has 1 aromatic carbocycles. The van der Waals surface area contributed by atoms with Gasteiger partial charge in [-0.15, -0.1) is 0 Å². The molecular weight excluding hydrogens is 300 g/mol. The van der Waals surface area contributed by atoms with Crippen LogP contribution in [0.1, 0.15) is 18.4 Å². The second-order valence-electron chi connectivity index (χ2n) is 4.75. The Morgan fingerprint density at radius 2 is 2.10 bits per heavy atom. The van der Waals surface area contributed by atoms with E-state index in [1.54, 1.807) is 0 Å². The molecule has 9 heteroatoms. The van der Waals surface area contributed by atoms with Gasteiger partial charge in [0.05, 0.1) is 10.7 Å². The maximum atomic E-state index is 12.3. The summed E-state index contributed by atoms with van der Waals surface area (Å²) in [6.45, 7) is 0.125. The number of hydrogen-bond acceptors (Lipinski definition) is 5. The van der Waals surface area contributed by atoms with Crippen LogP contribution >= 0.6 is 0 Å². The van der Waals surface area contributed by atoms with Crippen LogP contribution < -0.4 is 0 Å². The number of nitrogens with zero attached hydrogens (tertiary/aromatic N) is 2. The van der Waals surface area contributed by atoms with Gasteiger partial charge in [-0.25, -0.2) is 8.42 Å². The molecule has 1 heterocycles. The van der Waals surface area contributed by atoms with Crippen LogP contribution in [0, 0.1) is 10.1 Å². The zero-order valence-electron chi connectivity index (χ0n) is 11.0. The van der Waals surface area contributed by atoms with Crippen molar-refractivity contribution in [2.45, 2.75) is 24.6 Å². The molecule has 2 rings (SSSR count). The summed E-state index contributed by atoms with van der Waals surface area (Å²) in [5.41, 5.74) is -0.231. The lowest BCUT2D eigenvalue weighted by atomic mass is 10.2. The largest absolute Gasteiger partial charge is 0.480 e. The van der Waals surface area contributed by atoms with Crippen LogP contribution in [0.25, 0.3) is 0 Å². The first kappa shape index (κ1) is 15.4. The zero-order valence-corrected chi connectivity index (χ0v) is 11.8. The predicted molar refractivity (Wildman–Crippen MR) is 73.1 cm³/mol. The summed E-state index contributed by atoms with van der Waals surface area (Å²) in [4.78, 5) is 21.3. The minimum absolute atomic E-state index is 0.0542. The van der Waals surface area contributed by atoms with Crippen molar-refractivity contribution in [3.8, 4) is 0 Å². The number of nitro groups is 1. The molecule has 1 saturated heterocycles. The zero-order chi connectivity index (χ0) is 15.6. The quantitative estimate of drug-likeness (QED) is 0.639. The molecular formula is C12H14N2O6S. The van der Waals surface area contributed by atoms with E-state index in [2.05, 4.69) is 0 Å². The fourth-order valence-electron chi connectivity index (χ4n) is 2.41. The number of hydrogen-bond donors (Lipinski definition) is 1. The molecule has 0 saturated carbocycles. The van der Waals surface area contributed by atoms with Crippen molar-refractivity contribution < 1.29 is 23.2 Å².